The summed E-state index contributed by atoms with van der Waals surface area (Å²) in [5.41, 5.74) is 2.22. The molecule has 1 aliphatic rings. The molecule has 148 valence electrons. The summed E-state index contributed by atoms with van der Waals surface area (Å²) >= 11 is 0. The predicted molar refractivity (Wildman–Crippen MR) is 113 cm³/mol. The van der Waals surface area contributed by atoms with Crippen molar-refractivity contribution in [1.82, 2.24) is 0 Å². The Hall–Kier alpha value is -2.20. The molecule has 1 heterocycles. The normalized spacial score (nSPS) is 18.4. The van der Waals surface area contributed by atoms with E-state index >= 15 is 0 Å². The van der Waals surface area contributed by atoms with Crippen LogP contribution < -0.4 is 4.74 Å². The van der Waals surface area contributed by atoms with Gasteiger partial charge in [-0.2, -0.15) is 0 Å². The van der Waals surface area contributed by atoms with Gasteiger partial charge in [-0.3, -0.25) is 9.79 Å². The van der Waals surface area contributed by atoms with Gasteiger partial charge in [0.1, 0.15) is 19.0 Å². The molecule has 0 radical (unpaired) electrons. The average Bonchev–Trinajstić information content (AvgIpc) is 2.86. The van der Waals surface area contributed by atoms with Gasteiger partial charge >= 0.3 is 0 Å². The third-order valence-corrected chi connectivity index (χ3v) is 4.39. The Morgan fingerprint density at radius 2 is 1.81 bits per heavy atom. The van der Waals surface area contributed by atoms with Crippen LogP contribution in [0.3, 0.4) is 0 Å². The van der Waals surface area contributed by atoms with Gasteiger partial charge in [-0.15, -0.1) is 0 Å². The second-order valence-electron chi connectivity index (χ2n) is 6.84. The maximum absolute atomic E-state index is 10.8. The van der Waals surface area contributed by atoms with Crippen molar-refractivity contribution >= 4 is 17.6 Å². The highest BCUT2D eigenvalue weighted by Gasteiger charge is 2.25. The standard InChI is InChI=1S/C21H27NO3.C2H6/c1-16(2)21(4)13-19(9-10-22-15-21)18-5-7-20(8-6-18)25-12-11-24-14-17(3)23;1-2/h5-10,13,15-16H,11-12,14H2,1-4H3;1-2H3. The minimum Gasteiger partial charge on any atom is -0.491 e. The molecule has 0 spiro atoms. The van der Waals surface area contributed by atoms with Crippen molar-refractivity contribution in [3.63, 3.8) is 0 Å². The molecule has 1 aromatic carbocycles. The van der Waals surface area contributed by atoms with Gasteiger partial charge in [-0.25, -0.2) is 0 Å². The fourth-order valence-corrected chi connectivity index (χ4v) is 2.42. The van der Waals surface area contributed by atoms with Crippen LogP contribution in [-0.4, -0.2) is 31.8 Å². The number of nitrogens with zero attached hydrogens (tertiary/aromatic N) is 1. The lowest BCUT2D eigenvalue weighted by atomic mass is 9.78. The highest BCUT2D eigenvalue weighted by atomic mass is 16.5. The summed E-state index contributed by atoms with van der Waals surface area (Å²) in [6.45, 7) is 13.1. The first-order chi connectivity index (χ1) is 12.9. The molecular formula is C23H33NO3. The Bertz CT molecular complexity index is 671. The molecule has 27 heavy (non-hydrogen) atoms. The number of carbonyl (C=O) groups is 1. The molecule has 0 aromatic heterocycles. The molecule has 1 aliphatic heterocycles. The Labute approximate surface area is 164 Å². The van der Waals surface area contributed by atoms with E-state index in [0.717, 1.165) is 16.9 Å². The Kier molecular flexibility index (Phi) is 9.73. The van der Waals surface area contributed by atoms with Crippen LogP contribution in [0.1, 0.15) is 47.1 Å². The molecular weight excluding hydrogens is 338 g/mol. The van der Waals surface area contributed by atoms with Crippen molar-refractivity contribution in [1.29, 1.82) is 0 Å². The molecule has 0 fully saturated rings. The van der Waals surface area contributed by atoms with Crippen LogP contribution in [0.15, 0.2) is 47.6 Å². The number of benzene rings is 1. The lowest BCUT2D eigenvalue weighted by Gasteiger charge is -2.26. The number of Topliss-reactive ketones (excluding diaryl/α,β-unsaturated/α-hetero) is 1. The molecule has 4 heteroatoms. The molecule has 2 rings (SSSR count). The number of hydrogen-bond acceptors (Lipinski definition) is 4. The van der Waals surface area contributed by atoms with Gasteiger partial charge in [0.15, 0.2) is 5.78 Å². The Morgan fingerprint density at radius 1 is 1.15 bits per heavy atom. The van der Waals surface area contributed by atoms with Gasteiger partial charge < -0.3 is 9.47 Å². The molecule has 0 N–H and O–H groups in total. The van der Waals surface area contributed by atoms with Gasteiger partial charge in [-0.1, -0.05) is 52.8 Å². The SMILES string of the molecule is CC.CC(=O)COCCOc1ccc(C2=CC(C)(C(C)C)C=NC=C2)cc1. The van der Waals surface area contributed by atoms with E-state index in [2.05, 4.69) is 31.8 Å². The van der Waals surface area contributed by atoms with Crippen LogP contribution in [-0.2, 0) is 9.53 Å². The van der Waals surface area contributed by atoms with E-state index in [1.54, 1.807) is 0 Å². The lowest BCUT2D eigenvalue weighted by Crippen LogP contribution is -2.22. The Morgan fingerprint density at radius 3 is 2.41 bits per heavy atom. The fourth-order valence-electron chi connectivity index (χ4n) is 2.42. The highest BCUT2D eigenvalue weighted by Crippen LogP contribution is 2.33. The number of ketones is 1. The summed E-state index contributed by atoms with van der Waals surface area (Å²) in [5.74, 6) is 1.27. The van der Waals surface area contributed by atoms with E-state index in [0.29, 0.717) is 19.1 Å². The molecule has 0 amide bonds. The van der Waals surface area contributed by atoms with E-state index in [1.165, 1.54) is 6.92 Å². The number of aliphatic imine (C=N–C) groups is 1. The second kappa shape index (κ2) is 11.5. The smallest absolute Gasteiger partial charge is 0.155 e. The van der Waals surface area contributed by atoms with Crippen molar-refractivity contribution < 1.29 is 14.3 Å². The lowest BCUT2D eigenvalue weighted by molar-refractivity contribution is -0.121. The molecule has 0 saturated heterocycles. The van der Waals surface area contributed by atoms with E-state index in [-0.39, 0.29) is 17.8 Å². The number of rotatable bonds is 8. The number of ether oxygens (including phenoxy) is 2. The third kappa shape index (κ3) is 7.51. The van der Waals surface area contributed by atoms with Gasteiger partial charge in [0.2, 0.25) is 0 Å². The van der Waals surface area contributed by atoms with E-state index in [1.807, 2.05) is 56.6 Å². The maximum atomic E-state index is 10.8. The van der Waals surface area contributed by atoms with Crippen LogP contribution in [0.2, 0.25) is 0 Å². The summed E-state index contributed by atoms with van der Waals surface area (Å²) in [5, 5.41) is 0. The maximum Gasteiger partial charge on any atom is 0.155 e. The number of carbonyl (C=O) groups excluding carboxylic acids is 1. The van der Waals surface area contributed by atoms with Crippen molar-refractivity contribution in [2.24, 2.45) is 16.3 Å². The number of allylic oxidation sites excluding steroid dienone is 3. The molecule has 0 aliphatic carbocycles. The van der Waals surface area contributed by atoms with Crippen LogP contribution >= 0.6 is 0 Å². The minimum atomic E-state index is -0.0674. The summed E-state index contributed by atoms with van der Waals surface area (Å²) < 4.78 is 10.8. The Balaban J connectivity index is 0.00000176. The van der Waals surface area contributed by atoms with Crippen LogP contribution in [0.25, 0.3) is 5.57 Å². The molecule has 1 unspecified atom stereocenters. The van der Waals surface area contributed by atoms with Crippen molar-refractivity contribution in [2.45, 2.75) is 41.5 Å². The molecule has 0 bridgehead atoms. The second-order valence-corrected chi connectivity index (χ2v) is 6.84. The largest absolute Gasteiger partial charge is 0.491 e. The van der Waals surface area contributed by atoms with Gasteiger partial charge in [0.25, 0.3) is 0 Å². The van der Waals surface area contributed by atoms with E-state index < -0.39 is 0 Å². The van der Waals surface area contributed by atoms with Crippen molar-refractivity contribution in [3.8, 4) is 5.75 Å². The molecule has 0 saturated carbocycles. The van der Waals surface area contributed by atoms with E-state index in [4.69, 9.17) is 9.47 Å². The average molecular weight is 372 g/mol. The summed E-state index contributed by atoms with van der Waals surface area (Å²) in [7, 11) is 0. The molecule has 1 atom stereocenters. The first-order valence-corrected chi connectivity index (χ1v) is 9.65. The molecule has 1 aromatic rings. The van der Waals surface area contributed by atoms with Gasteiger partial charge in [0.05, 0.1) is 6.61 Å². The van der Waals surface area contributed by atoms with Crippen LogP contribution in [0.4, 0.5) is 0 Å². The van der Waals surface area contributed by atoms with Crippen molar-refractivity contribution in [2.75, 3.05) is 19.8 Å². The summed E-state index contributed by atoms with van der Waals surface area (Å²) in [4.78, 5) is 15.2. The first-order valence-electron chi connectivity index (χ1n) is 9.65. The quantitative estimate of drug-likeness (QED) is 0.579. The predicted octanol–water partition coefficient (Wildman–Crippen LogP) is 5.34. The van der Waals surface area contributed by atoms with E-state index in [9.17, 15) is 4.79 Å². The third-order valence-electron chi connectivity index (χ3n) is 4.39. The number of hydrogen-bond donors (Lipinski definition) is 0. The summed E-state index contributed by atoms with van der Waals surface area (Å²) in [6.07, 6.45) is 8.17. The first kappa shape index (κ1) is 22.8. The zero-order valence-electron chi connectivity index (χ0n) is 17.5. The highest BCUT2D eigenvalue weighted by molar-refractivity contribution is 5.82. The fraction of sp³-hybridized carbons (Fsp3) is 0.478. The topological polar surface area (TPSA) is 47.9 Å². The minimum absolute atomic E-state index is 0.0199. The summed E-state index contributed by atoms with van der Waals surface area (Å²) in [6, 6.07) is 8.00. The molecule has 4 nitrogen and oxygen atoms in total. The van der Waals surface area contributed by atoms with Gasteiger partial charge in [-0.05, 0) is 42.2 Å². The zero-order valence-corrected chi connectivity index (χ0v) is 17.5. The van der Waals surface area contributed by atoms with Crippen molar-refractivity contribution in [3.05, 3.63) is 48.2 Å². The van der Waals surface area contributed by atoms with Gasteiger partial charge in [0, 0.05) is 17.8 Å². The monoisotopic (exact) mass is 371 g/mol. The van der Waals surface area contributed by atoms with Crippen LogP contribution in [0.5, 0.6) is 5.75 Å². The zero-order chi connectivity index (χ0) is 20.3. The van der Waals surface area contributed by atoms with Crippen LogP contribution in [0, 0.1) is 11.3 Å².